The summed E-state index contributed by atoms with van der Waals surface area (Å²) in [6, 6.07) is 26.0. The van der Waals surface area contributed by atoms with Gasteiger partial charge in [0.25, 0.3) is 0 Å². The van der Waals surface area contributed by atoms with Gasteiger partial charge in [0.1, 0.15) is 18.0 Å². The Morgan fingerprint density at radius 2 is 1.49 bits per heavy atom. The largest absolute Gasteiger partial charge is 0.490 e. The van der Waals surface area contributed by atoms with Gasteiger partial charge in [-0.3, -0.25) is 4.99 Å². The number of aliphatic hydroxyl groups excluding tert-OH is 1. The molecule has 9 heteroatoms. The summed E-state index contributed by atoms with van der Waals surface area (Å²) in [5, 5.41) is 10.5. The van der Waals surface area contributed by atoms with Crippen LogP contribution in [0, 0.1) is 5.92 Å². The number of nitrogens with two attached hydrogens (primary N) is 1. The molecule has 3 aromatic rings. The Balaban J connectivity index is 1.24. The van der Waals surface area contributed by atoms with Crippen LogP contribution in [0.5, 0.6) is 5.75 Å². The SMILES string of the molecule is CC(C)(C)OC(=O)N1CCC(C(N)=NCc2ccc(OC[C@@H](O)C(=O)OC(c3ccccc3)c3ccccc3)cc2)CC1. The van der Waals surface area contributed by atoms with Gasteiger partial charge in [0.2, 0.25) is 0 Å². The number of ether oxygens (including phenoxy) is 3. The molecule has 4 rings (SSSR count). The minimum absolute atomic E-state index is 0.117. The van der Waals surface area contributed by atoms with Crippen LogP contribution >= 0.6 is 0 Å². The van der Waals surface area contributed by atoms with Gasteiger partial charge >= 0.3 is 12.1 Å². The monoisotopic (exact) mass is 587 g/mol. The van der Waals surface area contributed by atoms with E-state index in [0.717, 1.165) is 29.5 Å². The second-order valence-corrected chi connectivity index (χ2v) is 11.6. The van der Waals surface area contributed by atoms with E-state index < -0.39 is 23.8 Å². The highest BCUT2D eigenvalue weighted by Crippen LogP contribution is 2.26. The molecule has 1 atom stereocenters. The molecule has 1 heterocycles. The maximum absolute atomic E-state index is 12.8. The number of esters is 1. The molecule has 0 aliphatic carbocycles. The van der Waals surface area contributed by atoms with E-state index in [1.807, 2.05) is 93.6 Å². The smallest absolute Gasteiger partial charge is 0.410 e. The van der Waals surface area contributed by atoms with Gasteiger partial charge in [-0.1, -0.05) is 72.8 Å². The van der Waals surface area contributed by atoms with E-state index in [1.165, 1.54) is 0 Å². The predicted molar refractivity (Wildman–Crippen MR) is 165 cm³/mol. The Labute approximate surface area is 253 Å². The molecular weight excluding hydrogens is 546 g/mol. The van der Waals surface area contributed by atoms with E-state index >= 15 is 0 Å². The van der Waals surface area contributed by atoms with Gasteiger partial charge in [0.15, 0.2) is 12.2 Å². The number of amidine groups is 1. The van der Waals surface area contributed by atoms with Gasteiger partial charge in [-0.15, -0.1) is 0 Å². The second kappa shape index (κ2) is 14.7. The summed E-state index contributed by atoms with van der Waals surface area (Å²) in [5.74, 6) is 0.432. The lowest BCUT2D eigenvalue weighted by Gasteiger charge is -2.33. The molecule has 228 valence electrons. The van der Waals surface area contributed by atoms with E-state index in [0.29, 0.717) is 31.2 Å². The summed E-state index contributed by atoms with van der Waals surface area (Å²) in [7, 11) is 0. The molecule has 1 amide bonds. The van der Waals surface area contributed by atoms with Crippen LogP contribution in [0.15, 0.2) is 89.9 Å². The molecular formula is C34H41N3O6. The minimum atomic E-state index is -1.46. The first-order chi connectivity index (χ1) is 20.6. The summed E-state index contributed by atoms with van der Waals surface area (Å²) >= 11 is 0. The van der Waals surface area contributed by atoms with Crippen LogP contribution in [0.1, 0.15) is 56.4 Å². The van der Waals surface area contributed by atoms with Crippen molar-refractivity contribution in [3.63, 3.8) is 0 Å². The third kappa shape index (κ3) is 9.58. The zero-order valence-electron chi connectivity index (χ0n) is 25.0. The molecule has 3 aromatic carbocycles. The number of rotatable bonds is 10. The Morgan fingerprint density at radius 1 is 0.930 bits per heavy atom. The Morgan fingerprint density at radius 3 is 2.02 bits per heavy atom. The number of nitrogens with zero attached hydrogens (tertiary/aromatic N) is 2. The Bertz CT molecular complexity index is 1310. The van der Waals surface area contributed by atoms with Gasteiger partial charge in [0, 0.05) is 19.0 Å². The van der Waals surface area contributed by atoms with Crippen molar-refractivity contribution in [2.75, 3.05) is 19.7 Å². The number of hydrogen-bond acceptors (Lipinski definition) is 7. The molecule has 43 heavy (non-hydrogen) atoms. The zero-order chi connectivity index (χ0) is 30.8. The van der Waals surface area contributed by atoms with Crippen LogP contribution < -0.4 is 10.5 Å². The summed E-state index contributed by atoms with van der Waals surface area (Å²) in [6.45, 7) is 6.90. The van der Waals surface area contributed by atoms with Gasteiger partial charge in [0.05, 0.1) is 12.4 Å². The van der Waals surface area contributed by atoms with Crippen molar-refractivity contribution in [2.45, 2.75) is 58.0 Å². The minimum Gasteiger partial charge on any atom is -0.490 e. The normalized spacial score (nSPS) is 15.2. The Hall–Kier alpha value is -4.37. The highest BCUT2D eigenvalue weighted by molar-refractivity contribution is 5.83. The fourth-order valence-corrected chi connectivity index (χ4v) is 4.71. The van der Waals surface area contributed by atoms with Gasteiger partial charge < -0.3 is 30.0 Å². The lowest BCUT2D eigenvalue weighted by Crippen LogP contribution is -2.44. The van der Waals surface area contributed by atoms with Crippen molar-refractivity contribution >= 4 is 17.9 Å². The lowest BCUT2D eigenvalue weighted by atomic mass is 9.96. The quantitative estimate of drug-likeness (QED) is 0.188. The average molecular weight is 588 g/mol. The van der Waals surface area contributed by atoms with E-state index in [1.54, 1.807) is 17.0 Å². The van der Waals surface area contributed by atoms with Crippen LogP contribution in [0.25, 0.3) is 0 Å². The van der Waals surface area contributed by atoms with Crippen molar-refractivity contribution in [1.29, 1.82) is 0 Å². The molecule has 9 nitrogen and oxygen atoms in total. The predicted octanol–water partition coefficient (Wildman–Crippen LogP) is 5.26. The first kappa shape index (κ1) is 31.6. The number of aliphatic hydroxyl groups is 1. The topological polar surface area (TPSA) is 124 Å². The molecule has 1 aliphatic heterocycles. The summed E-state index contributed by atoms with van der Waals surface area (Å²) in [6.07, 6.45) is -0.917. The number of carbonyl (C=O) groups is 2. The lowest BCUT2D eigenvalue weighted by molar-refractivity contribution is -0.159. The number of piperidine rings is 1. The third-order valence-electron chi connectivity index (χ3n) is 7.05. The van der Waals surface area contributed by atoms with Crippen molar-refractivity contribution in [3.8, 4) is 5.75 Å². The van der Waals surface area contributed by atoms with Crippen LogP contribution in [-0.2, 0) is 20.8 Å². The molecule has 1 fully saturated rings. The van der Waals surface area contributed by atoms with E-state index in [2.05, 4.69) is 4.99 Å². The van der Waals surface area contributed by atoms with Crippen molar-refractivity contribution in [3.05, 3.63) is 102 Å². The van der Waals surface area contributed by atoms with E-state index in [-0.39, 0.29) is 18.6 Å². The highest BCUT2D eigenvalue weighted by atomic mass is 16.6. The van der Waals surface area contributed by atoms with Gasteiger partial charge in [-0.05, 0) is 62.4 Å². The van der Waals surface area contributed by atoms with Crippen molar-refractivity contribution in [2.24, 2.45) is 16.6 Å². The number of hydrogen-bond donors (Lipinski definition) is 2. The fraction of sp³-hybridized carbons (Fsp3) is 0.382. The molecule has 3 N–H and O–H groups in total. The number of carbonyl (C=O) groups excluding carboxylic acids is 2. The summed E-state index contributed by atoms with van der Waals surface area (Å²) in [5.41, 5.74) is 8.32. The van der Waals surface area contributed by atoms with E-state index in [4.69, 9.17) is 19.9 Å². The van der Waals surface area contributed by atoms with Gasteiger partial charge in [-0.25, -0.2) is 9.59 Å². The van der Waals surface area contributed by atoms with Crippen molar-refractivity contribution in [1.82, 2.24) is 4.90 Å². The number of likely N-dealkylation sites (tertiary alicyclic amines) is 1. The molecule has 1 saturated heterocycles. The van der Waals surface area contributed by atoms with Crippen LogP contribution in [0.3, 0.4) is 0 Å². The Kier molecular flexibility index (Phi) is 10.8. The first-order valence-electron chi connectivity index (χ1n) is 14.6. The van der Waals surface area contributed by atoms with Crippen molar-refractivity contribution < 1.29 is 28.9 Å². The van der Waals surface area contributed by atoms with Gasteiger partial charge in [-0.2, -0.15) is 0 Å². The fourth-order valence-electron chi connectivity index (χ4n) is 4.71. The van der Waals surface area contributed by atoms with Crippen LogP contribution in [-0.4, -0.2) is 59.3 Å². The number of benzene rings is 3. The summed E-state index contributed by atoms with van der Waals surface area (Å²) < 4.78 is 16.8. The zero-order valence-corrected chi connectivity index (χ0v) is 25.0. The average Bonchev–Trinajstić information content (AvgIpc) is 3.01. The van der Waals surface area contributed by atoms with Crippen LogP contribution in [0.4, 0.5) is 4.79 Å². The third-order valence-corrected chi connectivity index (χ3v) is 7.05. The van der Waals surface area contributed by atoms with Crippen LogP contribution in [0.2, 0.25) is 0 Å². The summed E-state index contributed by atoms with van der Waals surface area (Å²) in [4.78, 5) is 31.3. The van der Waals surface area contributed by atoms with E-state index in [9.17, 15) is 14.7 Å². The molecule has 0 aromatic heterocycles. The molecule has 0 unspecified atom stereocenters. The molecule has 0 spiro atoms. The first-order valence-corrected chi connectivity index (χ1v) is 14.6. The molecule has 0 bridgehead atoms. The molecule has 0 radical (unpaired) electrons. The number of aliphatic imine (C=N–C) groups is 1. The standard InChI is InChI=1S/C34H41N3O6/c1-34(2,3)43-33(40)37-20-18-27(19-21-37)31(35)36-22-24-14-16-28(17-15-24)41-23-29(38)32(39)42-30(25-10-6-4-7-11-25)26-12-8-5-9-13-26/h4-17,27,29-30,38H,18-23H2,1-3H3,(H2,35,36)/t29-/m1/s1. The maximum Gasteiger partial charge on any atom is 0.410 e. The molecule has 0 saturated carbocycles. The maximum atomic E-state index is 12.8. The molecule has 1 aliphatic rings. The number of amides is 1. The second-order valence-electron chi connectivity index (χ2n) is 11.6. The highest BCUT2D eigenvalue weighted by Gasteiger charge is 2.28.